The molecule has 2 aliphatic heterocycles. The summed E-state index contributed by atoms with van der Waals surface area (Å²) in [6.45, 7) is 3.09. The molecule has 0 unspecified atom stereocenters. The van der Waals surface area contributed by atoms with Gasteiger partial charge in [0, 0.05) is 49.5 Å². The SMILES string of the molecule is COc1cc(N2CCCC2)ccc1-n1nc(C(=O)N2CCC[C@@H](N)C2)cc1-c1ccc(C#N)c(F)c1. The van der Waals surface area contributed by atoms with Crippen LogP contribution in [0.3, 0.4) is 0 Å². The highest BCUT2D eigenvalue weighted by Crippen LogP contribution is 2.34. The van der Waals surface area contributed by atoms with Crippen molar-refractivity contribution >= 4 is 11.6 Å². The van der Waals surface area contributed by atoms with Crippen molar-refractivity contribution in [3.05, 3.63) is 59.5 Å². The number of nitriles is 1. The van der Waals surface area contributed by atoms with Crippen LogP contribution in [0.2, 0.25) is 0 Å². The molecule has 0 aliphatic carbocycles. The predicted octanol–water partition coefficient (Wildman–Crippen LogP) is 3.72. The average molecular weight is 489 g/mol. The van der Waals surface area contributed by atoms with Crippen LogP contribution in [0.15, 0.2) is 42.5 Å². The van der Waals surface area contributed by atoms with Crippen LogP contribution in [0.25, 0.3) is 16.9 Å². The number of carbonyl (C=O) groups excluding carboxylic acids is 1. The number of ether oxygens (including phenoxy) is 1. The molecule has 1 atom stereocenters. The zero-order valence-corrected chi connectivity index (χ0v) is 20.3. The van der Waals surface area contributed by atoms with Crippen LogP contribution in [-0.4, -0.2) is 59.9 Å². The third-order valence-corrected chi connectivity index (χ3v) is 6.92. The zero-order chi connectivity index (χ0) is 25.2. The van der Waals surface area contributed by atoms with Gasteiger partial charge in [-0.15, -0.1) is 0 Å². The van der Waals surface area contributed by atoms with Crippen LogP contribution >= 0.6 is 0 Å². The van der Waals surface area contributed by atoms with Crippen molar-refractivity contribution < 1.29 is 13.9 Å². The molecular formula is C27H29FN6O2. The number of nitrogens with two attached hydrogens (primary N) is 1. The van der Waals surface area contributed by atoms with Gasteiger partial charge in [-0.3, -0.25) is 4.79 Å². The summed E-state index contributed by atoms with van der Waals surface area (Å²) in [5.41, 5.74) is 9.01. The summed E-state index contributed by atoms with van der Waals surface area (Å²) in [6, 6.07) is 13.7. The highest BCUT2D eigenvalue weighted by atomic mass is 19.1. The largest absolute Gasteiger partial charge is 0.494 e. The third kappa shape index (κ3) is 4.52. The van der Waals surface area contributed by atoms with Gasteiger partial charge in [-0.1, -0.05) is 6.07 Å². The molecule has 2 saturated heterocycles. The minimum Gasteiger partial charge on any atom is -0.494 e. The van der Waals surface area contributed by atoms with E-state index in [1.165, 1.54) is 12.1 Å². The number of benzene rings is 2. The number of rotatable bonds is 5. The summed E-state index contributed by atoms with van der Waals surface area (Å²) in [5, 5.41) is 13.8. The first-order valence-corrected chi connectivity index (χ1v) is 12.3. The van der Waals surface area contributed by atoms with E-state index in [9.17, 15) is 9.18 Å². The topological polar surface area (TPSA) is 100 Å². The molecule has 0 saturated carbocycles. The van der Waals surface area contributed by atoms with E-state index in [-0.39, 0.29) is 23.2 Å². The monoisotopic (exact) mass is 488 g/mol. The number of carbonyl (C=O) groups is 1. The first-order chi connectivity index (χ1) is 17.5. The fourth-order valence-electron chi connectivity index (χ4n) is 5.01. The van der Waals surface area contributed by atoms with Crippen molar-refractivity contribution in [1.82, 2.24) is 14.7 Å². The molecule has 3 aromatic rings. The Hall–Kier alpha value is -3.90. The summed E-state index contributed by atoms with van der Waals surface area (Å²) >= 11 is 0. The standard InChI is InChI=1S/C27H29FN6O2/c1-36-26-14-21(32-10-2-3-11-32)8-9-24(26)34-25(18-6-7-19(16-29)22(28)13-18)15-23(31-34)27(35)33-12-4-5-20(30)17-33/h6-9,13-15,20H,2-5,10-12,17,30H2,1H3/t20-/m1/s1. The van der Waals surface area contributed by atoms with Crippen LogP contribution in [0.1, 0.15) is 41.7 Å². The molecule has 5 rings (SSSR count). The minimum absolute atomic E-state index is 0.0454. The third-order valence-electron chi connectivity index (χ3n) is 6.92. The number of nitrogens with zero attached hydrogens (tertiary/aromatic N) is 5. The molecule has 8 nitrogen and oxygen atoms in total. The lowest BCUT2D eigenvalue weighted by Crippen LogP contribution is -2.45. The van der Waals surface area contributed by atoms with E-state index < -0.39 is 5.82 Å². The molecule has 1 amide bonds. The van der Waals surface area contributed by atoms with Crippen LogP contribution in [0.4, 0.5) is 10.1 Å². The van der Waals surface area contributed by atoms with Gasteiger partial charge in [-0.2, -0.15) is 10.4 Å². The Morgan fingerprint density at radius 2 is 1.94 bits per heavy atom. The summed E-state index contributed by atoms with van der Waals surface area (Å²) < 4.78 is 21.9. The molecule has 186 valence electrons. The second kappa shape index (κ2) is 9.99. The van der Waals surface area contributed by atoms with Crippen molar-refractivity contribution in [1.29, 1.82) is 5.26 Å². The number of hydrogen-bond donors (Lipinski definition) is 1. The van der Waals surface area contributed by atoms with Gasteiger partial charge in [-0.05, 0) is 56.0 Å². The molecule has 1 aromatic heterocycles. The van der Waals surface area contributed by atoms with Crippen molar-refractivity contribution in [2.24, 2.45) is 5.73 Å². The Bertz CT molecular complexity index is 1320. The summed E-state index contributed by atoms with van der Waals surface area (Å²) in [5.74, 6) is -0.252. The smallest absolute Gasteiger partial charge is 0.274 e. The first kappa shape index (κ1) is 23.8. The second-order valence-electron chi connectivity index (χ2n) is 9.34. The molecule has 2 aromatic carbocycles. The quantitative estimate of drug-likeness (QED) is 0.588. The van der Waals surface area contributed by atoms with Gasteiger partial charge in [0.1, 0.15) is 23.3 Å². The normalized spacial score (nSPS) is 17.8. The Labute approximate surface area is 209 Å². The van der Waals surface area contributed by atoms with Gasteiger partial charge in [-0.25, -0.2) is 9.07 Å². The molecule has 9 heteroatoms. The van der Waals surface area contributed by atoms with Gasteiger partial charge >= 0.3 is 0 Å². The molecule has 0 spiro atoms. The molecule has 36 heavy (non-hydrogen) atoms. The highest BCUT2D eigenvalue weighted by molar-refractivity contribution is 5.94. The lowest BCUT2D eigenvalue weighted by Gasteiger charge is -2.30. The lowest BCUT2D eigenvalue weighted by molar-refractivity contribution is 0.0702. The summed E-state index contributed by atoms with van der Waals surface area (Å²) in [4.78, 5) is 17.4. The van der Waals surface area contributed by atoms with Gasteiger partial charge in [0.05, 0.1) is 18.4 Å². The highest BCUT2D eigenvalue weighted by Gasteiger charge is 2.27. The number of methoxy groups -OCH3 is 1. The molecular weight excluding hydrogens is 459 g/mol. The maximum Gasteiger partial charge on any atom is 0.274 e. The molecule has 2 aliphatic rings. The molecule has 2 N–H and O–H groups in total. The Morgan fingerprint density at radius 1 is 1.14 bits per heavy atom. The van der Waals surface area contributed by atoms with Crippen molar-refractivity contribution in [2.45, 2.75) is 31.7 Å². The van der Waals surface area contributed by atoms with Crippen molar-refractivity contribution in [2.75, 3.05) is 38.2 Å². The second-order valence-corrected chi connectivity index (χ2v) is 9.34. The van der Waals surface area contributed by atoms with E-state index in [1.807, 2.05) is 24.3 Å². The van der Waals surface area contributed by atoms with Gasteiger partial charge in [0.15, 0.2) is 5.69 Å². The van der Waals surface area contributed by atoms with Gasteiger partial charge in [0.25, 0.3) is 5.91 Å². The van der Waals surface area contributed by atoms with Crippen molar-refractivity contribution in [3.63, 3.8) is 0 Å². The van der Waals surface area contributed by atoms with Gasteiger partial charge < -0.3 is 20.3 Å². The fourth-order valence-corrected chi connectivity index (χ4v) is 5.01. The fraction of sp³-hybridized carbons (Fsp3) is 0.370. The molecule has 3 heterocycles. The number of piperidine rings is 1. The van der Waals surface area contributed by atoms with Gasteiger partial charge in [0.2, 0.25) is 0 Å². The summed E-state index contributed by atoms with van der Waals surface area (Å²) in [7, 11) is 1.60. The van der Waals surface area contributed by atoms with Crippen molar-refractivity contribution in [3.8, 4) is 28.8 Å². The van der Waals surface area contributed by atoms with Crippen LogP contribution in [0, 0.1) is 17.1 Å². The molecule has 2 fully saturated rings. The number of halogens is 1. The van der Waals surface area contributed by atoms with E-state index in [0.717, 1.165) is 44.5 Å². The maximum absolute atomic E-state index is 14.6. The molecule has 0 bridgehead atoms. The van der Waals surface area contributed by atoms with Crippen LogP contribution in [-0.2, 0) is 0 Å². The van der Waals surface area contributed by atoms with E-state index in [2.05, 4.69) is 10.00 Å². The van der Waals surface area contributed by atoms with E-state index in [0.29, 0.717) is 35.8 Å². The Morgan fingerprint density at radius 3 is 2.64 bits per heavy atom. The first-order valence-electron chi connectivity index (χ1n) is 12.3. The Balaban J connectivity index is 1.60. The van der Waals surface area contributed by atoms with E-state index in [1.54, 1.807) is 28.8 Å². The lowest BCUT2D eigenvalue weighted by atomic mass is 10.1. The zero-order valence-electron chi connectivity index (χ0n) is 20.3. The number of hydrogen-bond acceptors (Lipinski definition) is 6. The van der Waals surface area contributed by atoms with Crippen LogP contribution in [0.5, 0.6) is 5.75 Å². The van der Waals surface area contributed by atoms with E-state index in [4.69, 9.17) is 15.7 Å². The number of anilines is 1. The molecule has 0 radical (unpaired) electrons. The number of amides is 1. The summed E-state index contributed by atoms with van der Waals surface area (Å²) in [6.07, 6.45) is 4.04. The van der Waals surface area contributed by atoms with E-state index >= 15 is 0 Å². The average Bonchev–Trinajstić information content (AvgIpc) is 3.59. The van der Waals surface area contributed by atoms with Crippen LogP contribution < -0.4 is 15.4 Å². The predicted molar refractivity (Wildman–Crippen MR) is 135 cm³/mol. The minimum atomic E-state index is -0.631. The Kier molecular flexibility index (Phi) is 6.61. The number of aromatic nitrogens is 2. The number of likely N-dealkylation sites (tertiary alicyclic amines) is 1. The maximum atomic E-state index is 14.6.